The number of carbonyl (C=O) groups is 1. The molecule has 1 heterocycles. The lowest BCUT2D eigenvalue weighted by Crippen LogP contribution is -2.33. The second-order valence-corrected chi connectivity index (χ2v) is 5.44. The van der Waals surface area contributed by atoms with Gasteiger partial charge in [0.25, 0.3) is 0 Å². The highest BCUT2D eigenvalue weighted by Crippen LogP contribution is 2.18. The van der Waals surface area contributed by atoms with Crippen molar-refractivity contribution in [2.75, 3.05) is 6.54 Å². The van der Waals surface area contributed by atoms with Crippen LogP contribution in [0.3, 0.4) is 0 Å². The van der Waals surface area contributed by atoms with Crippen LogP contribution in [0.15, 0.2) is 5.38 Å². The Kier molecular flexibility index (Phi) is 4.50. The van der Waals surface area contributed by atoms with Crippen molar-refractivity contribution in [3.8, 4) is 0 Å². The number of hydrogen-bond donors (Lipinski definition) is 2. The van der Waals surface area contributed by atoms with E-state index in [1.165, 1.54) is 12.8 Å². The molecule has 0 saturated heterocycles. The SMILES string of the molecule is NCCc1nc(CC(=O)NC2CCCC2)cs1. The summed E-state index contributed by atoms with van der Waals surface area (Å²) in [6, 6.07) is 0.393. The van der Waals surface area contributed by atoms with Gasteiger partial charge in [-0.05, 0) is 19.4 Å². The first-order valence-electron chi connectivity index (χ1n) is 6.20. The Hall–Kier alpha value is -0.940. The fourth-order valence-electron chi connectivity index (χ4n) is 2.18. The zero-order chi connectivity index (χ0) is 12.1. The van der Waals surface area contributed by atoms with Crippen molar-refractivity contribution in [1.29, 1.82) is 0 Å². The number of nitrogens with two attached hydrogens (primary N) is 1. The molecule has 0 unspecified atom stereocenters. The van der Waals surface area contributed by atoms with Crippen LogP contribution in [0.5, 0.6) is 0 Å². The molecule has 0 atom stereocenters. The van der Waals surface area contributed by atoms with E-state index in [1.807, 2.05) is 5.38 Å². The molecule has 1 aliphatic carbocycles. The van der Waals surface area contributed by atoms with Gasteiger partial charge in [-0.1, -0.05) is 12.8 Å². The molecule has 94 valence electrons. The molecule has 0 aliphatic heterocycles. The molecule has 0 bridgehead atoms. The van der Waals surface area contributed by atoms with Crippen LogP contribution in [0.1, 0.15) is 36.4 Å². The highest BCUT2D eigenvalue weighted by Gasteiger charge is 2.17. The number of hydrogen-bond acceptors (Lipinski definition) is 4. The average molecular weight is 253 g/mol. The third kappa shape index (κ3) is 3.78. The van der Waals surface area contributed by atoms with Gasteiger partial charge in [0.1, 0.15) is 0 Å². The molecule has 4 nitrogen and oxygen atoms in total. The summed E-state index contributed by atoms with van der Waals surface area (Å²) >= 11 is 1.59. The summed E-state index contributed by atoms with van der Waals surface area (Å²) in [6.45, 7) is 0.612. The van der Waals surface area contributed by atoms with Crippen LogP contribution in [-0.2, 0) is 17.6 Å². The van der Waals surface area contributed by atoms with E-state index in [4.69, 9.17) is 5.73 Å². The number of rotatable bonds is 5. The van der Waals surface area contributed by atoms with Crippen molar-refractivity contribution in [2.24, 2.45) is 5.73 Å². The minimum Gasteiger partial charge on any atom is -0.353 e. The maximum absolute atomic E-state index is 11.8. The maximum Gasteiger partial charge on any atom is 0.226 e. The van der Waals surface area contributed by atoms with Gasteiger partial charge < -0.3 is 11.1 Å². The predicted molar refractivity (Wildman–Crippen MR) is 69.0 cm³/mol. The van der Waals surface area contributed by atoms with E-state index in [2.05, 4.69) is 10.3 Å². The molecule has 0 aromatic carbocycles. The smallest absolute Gasteiger partial charge is 0.226 e. The minimum atomic E-state index is 0.0986. The highest BCUT2D eigenvalue weighted by molar-refractivity contribution is 7.09. The second kappa shape index (κ2) is 6.12. The van der Waals surface area contributed by atoms with Gasteiger partial charge in [0.15, 0.2) is 0 Å². The van der Waals surface area contributed by atoms with E-state index in [-0.39, 0.29) is 5.91 Å². The van der Waals surface area contributed by atoms with Crippen LogP contribution in [0.25, 0.3) is 0 Å². The zero-order valence-corrected chi connectivity index (χ0v) is 10.8. The summed E-state index contributed by atoms with van der Waals surface area (Å²) in [4.78, 5) is 16.2. The minimum absolute atomic E-state index is 0.0986. The molecule has 5 heteroatoms. The van der Waals surface area contributed by atoms with Gasteiger partial charge in [0.2, 0.25) is 5.91 Å². The number of thiazole rings is 1. The van der Waals surface area contributed by atoms with Gasteiger partial charge >= 0.3 is 0 Å². The van der Waals surface area contributed by atoms with Gasteiger partial charge in [-0.15, -0.1) is 11.3 Å². The van der Waals surface area contributed by atoms with Gasteiger partial charge in [-0.3, -0.25) is 4.79 Å². The van der Waals surface area contributed by atoms with Crippen molar-refractivity contribution in [2.45, 2.75) is 44.6 Å². The van der Waals surface area contributed by atoms with Crippen molar-refractivity contribution >= 4 is 17.2 Å². The predicted octanol–water partition coefficient (Wildman–Crippen LogP) is 1.25. The number of amides is 1. The molecule has 1 amide bonds. The Morgan fingerprint density at radius 2 is 2.29 bits per heavy atom. The fourth-order valence-corrected chi connectivity index (χ4v) is 3.00. The van der Waals surface area contributed by atoms with Crippen molar-refractivity contribution in [3.63, 3.8) is 0 Å². The third-order valence-corrected chi connectivity index (χ3v) is 3.98. The number of aromatic nitrogens is 1. The Morgan fingerprint density at radius 1 is 1.53 bits per heavy atom. The monoisotopic (exact) mass is 253 g/mol. The number of nitrogens with zero attached hydrogens (tertiary/aromatic N) is 1. The summed E-state index contributed by atoms with van der Waals surface area (Å²) in [5, 5.41) is 6.05. The van der Waals surface area contributed by atoms with E-state index < -0.39 is 0 Å². The molecule has 0 spiro atoms. The molecule has 0 radical (unpaired) electrons. The normalized spacial score (nSPS) is 16.3. The summed E-state index contributed by atoms with van der Waals surface area (Å²) < 4.78 is 0. The summed E-state index contributed by atoms with van der Waals surface area (Å²) in [5.74, 6) is 0.0986. The molecular formula is C12H19N3OS. The van der Waals surface area contributed by atoms with Gasteiger partial charge in [0.05, 0.1) is 17.1 Å². The number of carbonyl (C=O) groups excluding carboxylic acids is 1. The first-order chi connectivity index (χ1) is 8.28. The maximum atomic E-state index is 11.8. The van der Waals surface area contributed by atoms with E-state index in [1.54, 1.807) is 11.3 Å². The van der Waals surface area contributed by atoms with E-state index >= 15 is 0 Å². The topological polar surface area (TPSA) is 68.0 Å². The summed E-state index contributed by atoms with van der Waals surface area (Å²) in [7, 11) is 0. The van der Waals surface area contributed by atoms with Crippen molar-refractivity contribution in [1.82, 2.24) is 10.3 Å². The third-order valence-electron chi connectivity index (χ3n) is 3.02. The number of nitrogens with one attached hydrogen (secondary N) is 1. The molecular weight excluding hydrogens is 234 g/mol. The van der Waals surface area contributed by atoms with Crippen molar-refractivity contribution in [3.05, 3.63) is 16.1 Å². The van der Waals surface area contributed by atoms with Crippen LogP contribution >= 0.6 is 11.3 Å². The van der Waals surface area contributed by atoms with Crippen LogP contribution in [0, 0.1) is 0 Å². The Labute approximate surface area is 106 Å². The lowest BCUT2D eigenvalue weighted by molar-refractivity contribution is -0.121. The van der Waals surface area contributed by atoms with Gasteiger partial charge in [0, 0.05) is 17.8 Å². The molecule has 1 saturated carbocycles. The summed E-state index contributed by atoms with van der Waals surface area (Å²) in [5.41, 5.74) is 6.34. The lowest BCUT2D eigenvalue weighted by Gasteiger charge is -2.10. The Balaban J connectivity index is 1.80. The molecule has 1 aromatic heterocycles. The Bertz CT molecular complexity index is 372. The first kappa shape index (κ1) is 12.5. The molecule has 1 fully saturated rings. The fraction of sp³-hybridized carbons (Fsp3) is 0.667. The largest absolute Gasteiger partial charge is 0.353 e. The van der Waals surface area contributed by atoms with Gasteiger partial charge in [-0.25, -0.2) is 4.98 Å². The van der Waals surface area contributed by atoms with E-state index in [9.17, 15) is 4.79 Å². The first-order valence-corrected chi connectivity index (χ1v) is 7.08. The lowest BCUT2D eigenvalue weighted by atomic mass is 10.2. The summed E-state index contributed by atoms with van der Waals surface area (Å²) in [6.07, 6.45) is 5.93. The van der Waals surface area contributed by atoms with Gasteiger partial charge in [-0.2, -0.15) is 0 Å². The van der Waals surface area contributed by atoms with E-state index in [0.717, 1.165) is 30.0 Å². The molecule has 3 N–H and O–H groups in total. The molecule has 2 rings (SSSR count). The second-order valence-electron chi connectivity index (χ2n) is 4.50. The Morgan fingerprint density at radius 3 is 3.00 bits per heavy atom. The van der Waals surface area contributed by atoms with Crippen molar-refractivity contribution < 1.29 is 4.79 Å². The molecule has 1 aromatic rings. The molecule has 1 aliphatic rings. The highest BCUT2D eigenvalue weighted by atomic mass is 32.1. The quantitative estimate of drug-likeness (QED) is 0.829. The standard InChI is InChI=1S/C12H19N3OS/c13-6-5-12-15-10(8-17-12)7-11(16)14-9-3-1-2-4-9/h8-9H,1-7,13H2,(H,14,16). The van der Waals surface area contributed by atoms with Crippen LogP contribution in [-0.4, -0.2) is 23.5 Å². The van der Waals surface area contributed by atoms with Crippen LogP contribution in [0.2, 0.25) is 0 Å². The zero-order valence-electron chi connectivity index (χ0n) is 9.95. The molecule has 17 heavy (non-hydrogen) atoms. The van der Waals surface area contributed by atoms with E-state index in [0.29, 0.717) is 19.0 Å². The van der Waals surface area contributed by atoms with Crippen LogP contribution in [0.4, 0.5) is 0 Å². The van der Waals surface area contributed by atoms with Crippen LogP contribution < -0.4 is 11.1 Å². The average Bonchev–Trinajstić information content (AvgIpc) is 2.91.